The molecule has 2 heterocycles. The van der Waals surface area contributed by atoms with Crippen LogP contribution in [0.1, 0.15) is 40.0 Å². The lowest BCUT2D eigenvalue weighted by atomic mass is 9.93. The Labute approximate surface area is 108 Å². The summed E-state index contributed by atoms with van der Waals surface area (Å²) in [6.07, 6.45) is 2.89. The van der Waals surface area contributed by atoms with Crippen LogP contribution in [0.2, 0.25) is 0 Å². The molecule has 2 unspecified atom stereocenters. The van der Waals surface area contributed by atoms with Crippen LogP contribution < -0.4 is 5.32 Å². The van der Waals surface area contributed by atoms with Crippen molar-refractivity contribution in [3.63, 3.8) is 0 Å². The van der Waals surface area contributed by atoms with E-state index >= 15 is 0 Å². The van der Waals surface area contributed by atoms with E-state index in [1.54, 1.807) is 0 Å². The number of piperidine rings is 1. The van der Waals surface area contributed by atoms with E-state index in [-0.39, 0.29) is 18.2 Å². The highest BCUT2D eigenvalue weighted by Crippen LogP contribution is 2.28. The Balaban J connectivity index is 2.13. The zero-order valence-electron chi connectivity index (χ0n) is 10.7. The average Bonchev–Trinajstić information content (AvgIpc) is 2.21. The van der Waals surface area contributed by atoms with E-state index in [1.807, 2.05) is 25.7 Å². The summed E-state index contributed by atoms with van der Waals surface area (Å²) in [6, 6.07) is 0.266. The van der Waals surface area contributed by atoms with Crippen LogP contribution >= 0.6 is 12.2 Å². The van der Waals surface area contributed by atoms with Gasteiger partial charge in [-0.3, -0.25) is 4.90 Å². The molecule has 2 atom stereocenters. The predicted octanol–water partition coefficient (Wildman–Crippen LogP) is 2.08. The number of hydrogen-bond donors (Lipinski definition) is 1. The molecule has 96 valence electrons. The number of nitrogens with one attached hydrogen (secondary N) is 1. The first-order chi connectivity index (χ1) is 7.88. The molecule has 0 aliphatic carbocycles. The van der Waals surface area contributed by atoms with Gasteiger partial charge in [-0.25, -0.2) is 4.79 Å². The van der Waals surface area contributed by atoms with Gasteiger partial charge in [0.05, 0.1) is 17.1 Å². The molecule has 0 radical (unpaired) electrons. The zero-order valence-corrected chi connectivity index (χ0v) is 11.5. The summed E-state index contributed by atoms with van der Waals surface area (Å²) < 4.78 is 5.46. The molecule has 2 fully saturated rings. The number of hydrogen-bond acceptors (Lipinski definition) is 3. The highest BCUT2D eigenvalue weighted by atomic mass is 32.1. The van der Waals surface area contributed by atoms with E-state index in [2.05, 4.69) is 5.32 Å². The number of fused-ring (bicyclic) bond motifs is 2. The third-order valence-corrected chi connectivity index (χ3v) is 3.58. The van der Waals surface area contributed by atoms with Crippen LogP contribution in [0, 0.1) is 0 Å². The van der Waals surface area contributed by atoms with Gasteiger partial charge in [-0.05, 0) is 40.0 Å². The van der Waals surface area contributed by atoms with Gasteiger partial charge in [0.25, 0.3) is 0 Å². The summed E-state index contributed by atoms with van der Waals surface area (Å²) in [4.78, 5) is 14.8. The van der Waals surface area contributed by atoms with Gasteiger partial charge in [0, 0.05) is 6.54 Å². The molecule has 2 bridgehead atoms. The Kier molecular flexibility index (Phi) is 3.30. The summed E-state index contributed by atoms with van der Waals surface area (Å²) in [5.74, 6) is 0. The Morgan fingerprint density at radius 3 is 2.82 bits per heavy atom. The van der Waals surface area contributed by atoms with E-state index in [9.17, 15) is 4.79 Å². The van der Waals surface area contributed by atoms with Crippen molar-refractivity contribution in [3.05, 3.63) is 0 Å². The molecule has 1 amide bonds. The van der Waals surface area contributed by atoms with Crippen LogP contribution in [0.4, 0.5) is 4.79 Å². The Bertz CT molecular complexity index is 338. The van der Waals surface area contributed by atoms with Crippen molar-refractivity contribution < 1.29 is 9.53 Å². The average molecular weight is 256 g/mol. The van der Waals surface area contributed by atoms with Gasteiger partial charge in [-0.15, -0.1) is 0 Å². The molecule has 0 aromatic carbocycles. The van der Waals surface area contributed by atoms with E-state index in [0.717, 1.165) is 30.8 Å². The standard InChI is InChI=1S/C12H20N2O2S/c1-12(2,3)16-11(15)14-8-5-4-6-9(14)10(17)13-7-8/h8-9H,4-7H2,1-3H3,(H,13,17). The lowest BCUT2D eigenvalue weighted by molar-refractivity contribution is 0.000708. The van der Waals surface area contributed by atoms with Crippen LogP contribution in [0.3, 0.4) is 0 Å². The summed E-state index contributed by atoms with van der Waals surface area (Å²) in [5, 5.41) is 3.21. The number of ether oxygens (including phenoxy) is 1. The van der Waals surface area contributed by atoms with Crippen molar-refractivity contribution in [1.29, 1.82) is 0 Å². The number of amides is 1. The fraction of sp³-hybridized carbons (Fsp3) is 0.833. The van der Waals surface area contributed by atoms with E-state index in [0.29, 0.717) is 0 Å². The van der Waals surface area contributed by atoms with Gasteiger partial charge in [0.15, 0.2) is 0 Å². The molecule has 0 aromatic rings. The minimum atomic E-state index is -0.447. The summed E-state index contributed by atoms with van der Waals surface area (Å²) in [7, 11) is 0. The predicted molar refractivity (Wildman–Crippen MR) is 70.1 cm³/mol. The van der Waals surface area contributed by atoms with Crippen LogP contribution in [0.5, 0.6) is 0 Å². The molecule has 2 aliphatic rings. The Morgan fingerprint density at radius 2 is 2.18 bits per heavy atom. The topological polar surface area (TPSA) is 41.6 Å². The number of thiocarbonyl (C=S) groups is 1. The second-order valence-corrected chi connectivity index (χ2v) is 6.17. The van der Waals surface area contributed by atoms with Crippen molar-refractivity contribution >= 4 is 23.3 Å². The molecule has 2 saturated heterocycles. The van der Waals surface area contributed by atoms with Gasteiger partial charge in [-0.2, -0.15) is 0 Å². The van der Waals surface area contributed by atoms with Crippen LogP contribution in [-0.2, 0) is 4.74 Å². The van der Waals surface area contributed by atoms with Crippen molar-refractivity contribution in [2.45, 2.75) is 57.7 Å². The Morgan fingerprint density at radius 1 is 1.47 bits per heavy atom. The molecule has 0 saturated carbocycles. The number of carbonyl (C=O) groups excluding carboxylic acids is 1. The fourth-order valence-electron chi connectivity index (χ4n) is 2.46. The third-order valence-electron chi connectivity index (χ3n) is 3.16. The zero-order chi connectivity index (χ0) is 12.6. The van der Waals surface area contributed by atoms with Gasteiger partial charge >= 0.3 is 6.09 Å². The number of nitrogens with zero attached hydrogens (tertiary/aromatic N) is 1. The maximum absolute atomic E-state index is 12.2. The molecule has 17 heavy (non-hydrogen) atoms. The summed E-state index contributed by atoms with van der Waals surface area (Å²) in [5.41, 5.74) is -0.447. The maximum Gasteiger partial charge on any atom is 0.411 e. The highest BCUT2D eigenvalue weighted by molar-refractivity contribution is 7.80. The van der Waals surface area contributed by atoms with Crippen molar-refractivity contribution in [2.75, 3.05) is 6.54 Å². The monoisotopic (exact) mass is 256 g/mol. The van der Waals surface area contributed by atoms with Crippen LogP contribution in [-0.4, -0.2) is 40.2 Å². The first-order valence-electron chi connectivity index (χ1n) is 6.17. The van der Waals surface area contributed by atoms with E-state index in [1.165, 1.54) is 0 Å². The number of rotatable bonds is 0. The maximum atomic E-state index is 12.2. The lowest BCUT2D eigenvalue weighted by Crippen LogP contribution is -2.64. The molecule has 5 heteroatoms. The third kappa shape index (κ3) is 2.70. The highest BCUT2D eigenvalue weighted by Gasteiger charge is 2.41. The Hall–Kier alpha value is -0.840. The van der Waals surface area contributed by atoms with Gasteiger partial charge in [0.1, 0.15) is 5.60 Å². The van der Waals surface area contributed by atoms with E-state index in [4.69, 9.17) is 17.0 Å². The minimum Gasteiger partial charge on any atom is -0.444 e. The molecular formula is C12H20N2O2S. The van der Waals surface area contributed by atoms with Crippen LogP contribution in [0.15, 0.2) is 0 Å². The summed E-state index contributed by atoms with van der Waals surface area (Å²) in [6.45, 7) is 6.43. The molecule has 2 aliphatic heterocycles. The summed E-state index contributed by atoms with van der Waals surface area (Å²) >= 11 is 5.29. The molecule has 4 nitrogen and oxygen atoms in total. The smallest absolute Gasteiger partial charge is 0.411 e. The quantitative estimate of drug-likeness (QED) is 0.674. The first-order valence-corrected chi connectivity index (χ1v) is 6.58. The molecule has 1 N–H and O–H groups in total. The van der Waals surface area contributed by atoms with Crippen molar-refractivity contribution in [2.24, 2.45) is 0 Å². The molecular weight excluding hydrogens is 236 g/mol. The minimum absolute atomic E-state index is 0.0346. The molecule has 0 aromatic heterocycles. The van der Waals surface area contributed by atoms with Crippen molar-refractivity contribution in [3.8, 4) is 0 Å². The molecule has 0 spiro atoms. The van der Waals surface area contributed by atoms with Gasteiger partial charge < -0.3 is 10.1 Å². The van der Waals surface area contributed by atoms with Crippen LogP contribution in [0.25, 0.3) is 0 Å². The van der Waals surface area contributed by atoms with Gasteiger partial charge in [0.2, 0.25) is 0 Å². The van der Waals surface area contributed by atoms with E-state index < -0.39 is 5.60 Å². The number of carbonyl (C=O) groups is 1. The fourth-order valence-corrected chi connectivity index (χ4v) is 2.78. The lowest BCUT2D eigenvalue weighted by Gasteiger charge is -2.46. The van der Waals surface area contributed by atoms with Gasteiger partial charge in [-0.1, -0.05) is 12.2 Å². The molecule has 2 rings (SSSR count). The van der Waals surface area contributed by atoms with Crippen molar-refractivity contribution in [1.82, 2.24) is 10.2 Å². The second-order valence-electron chi connectivity index (χ2n) is 5.73. The first kappa shape index (κ1) is 12.6. The number of piperazine rings is 1. The second kappa shape index (κ2) is 4.44. The normalized spacial score (nSPS) is 28.6. The largest absolute Gasteiger partial charge is 0.444 e. The SMILES string of the molecule is CC(C)(C)OC(=O)N1C2CCCC1C(=S)NC2.